The molecule has 1 aromatic carbocycles. The van der Waals surface area contributed by atoms with Gasteiger partial charge >= 0.3 is 98.6 Å². The number of carbonyl (C=O) groups is 1. The van der Waals surface area contributed by atoms with Gasteiger partial charge < -0.3 is 0 Å². The average molecular weight is 292 g/mol. The van der Waals surface area contributed by atoms with Crippen LogP contribution < -0.4 is 0 Å². The van der Waals surface area contributed by atoms with Crippen molar-refractivity contribution in [1.82, 2.24) is 0 Å². The molecule has 86 valence electrons. The van der Waals surface area contributed by atoms with Crippen molar-refractivity contribution in [3.8, 4) is 0 Å². The normalized spacial score (nSPS) is 12.5. The van der Waals surface area contributed by atoms with Crippen LogP contribution >= 0.6 is 0 Å². The van der Waals surface area contributed by atoms with Gasteiger partial charge in [0.1, 0.15) is 0 Å². The molecule has 1 N–H and O–H groups in total. The number of halogens is 3. The second-order valence-electron chi connectivity index (χ2n) is 3.31. The van der Waals surface area contributed by atoms with Crippen LogP contribution in [-0.2, 0) is 11.2 Å². The van der Waals surface area contributed by atoms with Gasteiger partial charge in [-0.05, 0) is 0 Å². The molecule has 2 nitrogen and oxygen atoms in total. The molecule has 2 radical (unpaired) electrons. The zero-order valence-corrected chi connectivity index (χ0v) is 9.96. The molecule has 0 aromatic heterocycles. The van der Waals surface area contributed by atoms with Crippen molar-refractivity contribution in [2.45, 2.75) is 17.5 Å². The van der Waals surface area contributed by atoms with E-state index in [9.17, 15) is 18.0 Å². The van der Waals surface area contributed by atoms with Gasteiger partial charge in [-0.25, -0.2) is 0 Å². The third-order valence-corrected chi connectivity index (χ3v) is 2.72. The molecule has 0 aliphatic heterocycles. The van der Waals surface area contributed by atoms with Gasteiger partial charge in [-0.1, -0.05) is 0 Å². The Morgan fingerprint density at radius 1 is 1.25 bits per heavy atom. The quantitative estimate of drug-likeness (QED) is 0.681. The summed E-state index contributed by atoms with van der Waals surface area (Å²) in [6.07, 6.45) is -0.131. The van der Waals surface area contributed by atoms with Crippen molar-refractivity contribution < 1.29 is 23.1 Å². The number of benzene rings is 1. The molecular weight excluding hydrogens is 284 g/mol. The second kappa shape index (κ2) is 5.39. The minimum atomic E-state index is -1.25. The molecule has 0 spiro atoms. The summed E-state index contributed by atoms with van der Waals surface area (Å²) in [7, 11) is 0. The Morgan fingerprint density at radius 2 is 1.81 bits per heavy atom. The number of carboxylic acid groups (broad SMARTS) is 1. The van der Waals surface area contributed by atoms with Crippen LogP contribution in [0.2, 0.25) is 4.71 Å². The Kier molecular flexibility index (Phi) is 4.42. The Balaban J connectivity index is 2.81. The summed E-state index contributed by atoms with van der Waals surface area (Å²) >= 11 is 2.08. The van der Waals surface area contributed by atoms with E-state index in [1.807, 2.05) is 0 Å². The number of rotatable bonds is 4. The standard InChI is InChI=1S/C10H8AsF3O2/c11-6(3-10(15)16)1-5-2-8(13)9(14)4-7(5)12/h2,4,6H,1,3H2,(H,15,16). The first kappa shape index (κ1) is 13.1. The van der Waals surface area contributed by atoms with E-state index in [-0.39, 0.29) is 18.4 Å². The monoisotopic (exact) mass is 292 g/mol. The second-order valence-corrected chi connectivity index (χ2v) is 4.85. The molecule has 0 saturated heterocycles. The van der Waals surface area contributed by atoms with E-state index >= 15 is 0 Å². The SMILES string of the molecule is O=C(O)CC([As])Cc1cc(F)c(F)cc1F. The molecule has 1 unspecified atom stereocenters. The minimum absolute atomic E-state index is 0.0224. The Labute approximate surface area is 99.0 Å². The van der Waals surface area contributed by atoms with Crippen molar-refractivity contribution in [3.05, 3.63) is 35.1 Å². The Bertz CT molecular complexity index is 409. The van der Waals surface area contributed by atoms with Gasteiger partial charge in [0.2, 0.25) is 0 Å². The molecule has 0 amide bonds. The van der Waals surface area contributed by atoms with Crippen LogP contribution in [0, 0.1) is 17.5 Å². The number of aliphatic carboxylic acids is 1. The van der Waals surface area contributed by atoms with E-state index in [1.165, 1.54) is 0 Å². The molecule has 0 bridgehead atoms. The van der Waals surface area contributed by atoms with Gasteiger partial charge in [0.15, 0.2) is 0 Å². The summed E-state index contributed by atoms with van der Waals surface area (Å²) in [5.41, 5.74) is -0.0224. The number of carboxylic acids is 1. The molecule has 0 heterocycles. The van der Waals surface area contributed by atoms with Gasteiger partial charge in [0.25, 0.3) is 0 Å². The third-order valence-electron chi connectivity index (χ3n) is 1.96. The Morgan fingerprint density at radius 3 is 2.38 bits per heavy atom. The van der Waals surface area contributed by atoms with Crippen molar-refractivity contribution in [3.63, 3.8) is 0 Å². The van der Waals surface area contributed by atoms with Gasteiger partial charge in [0, 0.05) is 0 Å². The van der Waals surface area contributed by atoms with E-state index in [2.05, 4.69) is 16.9 Å². The number of hydrogen-bond donors (Lipinski definition) is 1. The first-order valence-corrected chi connectivity index (χ1v) is 5.51. The average Bonchev–Trinajstić information content (AvgIpc) is 2.12. The van der Waals surface area contributed by atoms with E-state index in [0.29, 0.717) is 6.07 Å². The van der Waals surface area contributed by atoms with Crippen LogP contribution in [0.4, 0.5) is 13.2 Å². The van der Waals surface area contributed by atoms with E-state index in [0.717, 1.165) is 6.07 Å². The van der Waals surface area contributed by atoms with E-state index < -0.39 is 28.1 Å². The molecule has 0 fully saturated rings. The zero-order chi connectivity index (χ0) is 12.3. The van der Waals surface area contributed by atoms with Crippen LogP contribution in [0.25, 0.3) is 0 Å². The van der Waals surface area contributed by atoms with Crippen molar-refractivity contribution in [2.24, 2.45) is 0 Å². The molecule has 6 heteroatoms. The molecular formula is C10H8AsF3O2. The first-order chi connectivity index (χ1) is 7.40. The molecule has 1 aromatic rings. The topological polar surface area (TPSA) is 37.3 Å². The van der Waals surface area contributed by atoms with E-state index in [1.54, 1.807) is 0 Å². The van der Waals surface area contributed by atoms with Crippen LogP contribution in [0.1, 0.15) is 12.0 Å². The van der Waals surface area contributed by atoms with Gasteiger partial charge in [0.05, 0.1) is 0 Å². The predicted molar refractivity (Wildman–Crippen MR) is 51.8 cm³/mol. The summed E-state index contributed by atoms with van der Waals surface area (Å²) in [5.74, 6) is -4.26. The van der Waals surface area contributed by atoms with Crippen molar-refractivity contribution in [2.75, 3.05) is 0 Å². The van der Waals surface area contributed by atoms with Crippen LogP contribution in [0.5, 0.6) is 0 Å². The van der Waals surface area contributed by atoms with Gasteiger partial charge in [-0.3, -0.25) is 0 Å². The Hall–Kier alpha value is -0.962. The fourth-order valence-corrected chi connectivity index (χ4v) is 1.99. The summed E-state index contributed by atoms with van der Waals surface area (Å²) in [6, 6.07) is 1.22. The predicted octanol–water partition coefficient (Wildman–Crippen LogP) is 2.08. The molecule has 1 rings (SSSR count). The number of hydrogen-bond acceptors (Lipinski definition) is 1. The summed E-state index contributed by atoms with van der Waals surface area (Å²) in [6.45, 7) is 0. The van der Waals surface area contributed by atoms with Crippen LogP contribution in [0.15, 0.2) is 12.1 Å². The van der Waals surface area contributed by atoms with Crippen molar-refractivity contribution >= 4 is 22.8 Å². The third kappa shape index (κ3) is 3.56. The summed E-state index contributed by atoms with van der Waals surface area (Å²) in [4.78, 5) is 10.4. The summed E-state index contributed by atoms with van der Waals surface area (Å²) in [5, 5.41) is 8.49. The van der Waals surface area contributed by atoms with Crippen LogP contribution in [-0.4, -0.2) is 27.9 Å². The molecule has 1 atom stereocenters. The summed E-state index contributed by atoms with van der Waals surface area (Å²) < 4.78 is 38.2. The van der Waals surface area contributed by atoms with E-state index in [4.69, 9.17) is 5.11 Å². The maximum absolute atomic E-state index is 13.2. The molecule has 0 aliphatic carbocycles. The van der Waals surface area contributed by atoms with Crippen molar-refractivity contribution in [1.29, 1.82) is 0 Å². The molecule has 0 saturated carbocycles. The van der Waals surface area contributed by atoms with Crippen LogP contribution in [0.3, 0.4) is 0 Å². The molecule has 0 aliphatic rings. The van der Waals surface area contributed by atoms with Gasteiger partial charge in [-0.15, -0.1) is 0 Å². The molecule has 16 heavy (non-hydrogen) atoms. The fourth-order valence-electron chi connectivity index (χ4n) is 1.25. The van der Waals surface area contributed by atoms with Gasteiger partial charge in [-0.2, -0.15) is 0 Å². The zero-order valence-electron chi connectivity index (χ0n) is 8.08. The maximum atomic E-state index is 13.2. The first-order valence-electron chi connectivity index (χ1n) is 4.43. The fraction of sp³-hybridized carbons (Fsp3) is 0.300.